The molecule has 0 aromatic carbocycles. The van der Waals surface area contributed by atoms with Crippen LogP contribution in [0, 0.1) is 0 Å². The number of nitrogens with one attached hydrogen (secondary N) is 1. The van der Waals surface area contributed by atoms with Crippen LogP contribution in [0.5, 0.6) is 0 Å². The molecule has 0 saturated carbocycles. The van der Waals surface area contributed by atoms with Crippen molar-refractivity contribution in [3.05, 3.63) is 11.8 Å². The van der Waals surface area contributed by atoms with Crippen molar-refractivity contribution in [3.63, 3.8) is 0 Å². The number of carbonyl (C=O) groups is 2. The van der Waals surface area contributed by atoms with Crippen LogP contribution in [0.2, 0.25) is 0 Å². The maximum absolute atomic E-state index is 10.5. The molecule has 1 aliphatic heterocycles. The van der Waals surface area contributed by atoms with Gasteiger partial charge in [-0.05, 0) is 6.42 Å². The molecule has 1 amide bonds. The average Bonchev–Trinajstić information content (AvgIpc) is 2.34. The Kier molecular flexibility index (Phi) is 1.71. The third kappa shape index (κ3) is 1.15. The molecule has 0 spiro atoms. The van der Waals surface area contributed by atoms with E-state index in [4.69, 9.17) is 5.73 Å². The first-order valence-electron chi connectivity index (χ1n) is 2.95. The van der Waals surface area contributed by atoms with Gasteiger partial charge >= 0.3 is 0 Å². The van der Waals surface area contributed by atoms with Gasteiger partial charge in [0.1, 0.15) is 6.04 Å². The minimum absolute atomic E-state index is 0.389. The third-order valence-corrected chi connectivity index (χ3v) is 1.38. The maximum atomic E-state index is 10.5. The van der Waals surface area contributed by atoms with Crippen LogP contribution in [0.3, 0.4) is 0 Å². The Hall–Kier alpha value is -1.32. The minimum atomic E-state index is -0.423. The van der Waals surface area contributed by atoms with E-state index in [2.05, 4.69) is 5.32 Å². The zero-order valence-corrected chi connectivity index (χ0v) is 5.33. The summed E-state index contributed by atoms with van der Waals surface area (Å²) in [6.45, 7) is 0. The first-order valence-corrected chi connectivity index (χ1v) is 2.95. The molecule has 0 fully saturated rings. The van der Waals surface area contributed by atoms with Crippen LogP contribution in [-0.2, 0) is 9.59 Å². The maximum Gasteiger partial charge on any atom is 0.240 e. The van der Waals surface area contributed by atoms with Gasteiger partial charge in [-0.15, -0.1) is 0 Å². The SMILES string of the molecule is NC(=O)C1CC=C(C=O)N1. The van der Waals surface area contributed by atoms with Gasteiger partial charge in [-0.25, -0.2) is 0 Å². The van der Waals surface area contributed by atoms with E-state index in [0.29, 0.717) is 18.4 Å². The topological polar surface area (TPSA) is 72.2 Å². The lowest BCUT2D eigenvalue weighted by Crippen LogP contribution is -2.37. The van der Waals surface area contributed by atoms with Crippen molar-refractivity contribution in [2.75, 3.05) is 0 Å². The number of nitrogens with two attached hydrogens (primary N) is 1. The van der Waals surface area contributed by atoms with E-state index in [9.17, 15) is 9.59 Å². The van der Waals surface area contributed by atoms with E-state index in [0.717, 1.165) is 0 Å². The number of allylic oxidation sites excluding steroid dienone is 1. The van der Waals surface area contributed by atoms with Gasteiger partial charge in [0, 0.05) is 0 Å². The Balaban J connectivity index is 2.51. The Labute approximate surface area is 58.1 Å². The molecule has 3 N–H and O–H groups in total. The van der Waals surface area contributed by atoms with Crippen LogP contribution in [0.1, 0.15) is 6.42 Å². The lowest BCUT2D eigenvalue weighted by Gasteiger charge is -2.05. The second-order valence-electron chi connectivity index (χ2n) is 2.11. The fourth-order valence-corrected chi connectivity index (χ4v) is 0.833. The highest BCUT2D eigenvalue weighted by molar-refractivity contribution is 5.84. The number of rotatable bonds is 2. The van der Waals surface area contributed by atoms with E-state index in [1.807, 2.05) is 0 Å². The van der Waals surface area contributed by atoms with Crippen molar-refractivity contribution in [3.8, 4) is 0 Å². The molecule has 10 heavy (non-hydrogen) atoms. The van der Waals surface area contributed by atoms with Crippen LogP contribution in [0.15, 0.2) is 11.8 Å². The van der Waals surface area contributed by atoms with E-state index < -0.39 is 5.91 Å². The lowest BCUT2D eigenvalue weighted by atomic mass is 10.2. The summed E-state index contributed by atoms with van der Waals surface area (Å²) in [4.78, 5) is 20.6. The van der Waals surface area contributed by atoms with Crippen molar-refractivity contribution in [2.24, 2.45) is 5.73 Å². The summed E-state index contributed by atoms with van der Waals surface area (Å²) in [6, 6.07) is -0.389. The highest BCUT2D eigenvalue weighted by atomic mass is 16.1. The van der Waals surface area contributed by atoms with Crippen LogP contribution in [0.4, 0.5) is 0 Å². The summed E-state index contributed by atoms with van der Waals surface area (Å²) in [7, 11) is 0. The van der Waals surface area contributed by atoms with Gasteiger partial charge in [0.15, 0.2) is 6.29 Å². The van der Waals surface area contributed by atoms with Gasteiger partial charge < -0.3 is 11.1 Å². The Morgan fingerprint density at radius 3 is 2.90 bits per heavy atom. The van der Waals surface area contributed by atoms with Crippen molar-refractivity contribution in [2.45, 2.75) is 12.5 Å². The molecule has 1 unspecified atom stereocenters. The number of aldehydes is 1. The molecule has 4 nitrogen and oxygen atoms in total. The molecular weight excluding hydrogens is 132 g/mol. The third-order valence-electron chi connectivity index (χ3n) is 1.38. The molecule has 1 heterocycles. The number of primary amides is 1. The van der Waals surface area contributed by atoms with Gasteiger partial charge in [0.2, 0.25) is 5.91 Å². The zero-order valence-electron chi connectivity index (χ0n) is 5.33. The molecular formula is C6H8N2O2. The van der Waals surface area contributed by atoms with Crippen molar-refractivity contribution in [1.29, 1.82) is 0 Å². The molecule has 0 aliphatic carbocycles. The molecule has 1 rings (SSSR count). The summed E-state index contributed by atoms with van der Waals surface area (Å²) >= 11 is 0. The van der Waals surface area contributed by atoms with Crippen LogP contribution in [-0.4, -0.2) is 18.2 Å². The monoisotopic (exact) mass is 140 g/mol. The number of hydrogen-bond acceptors (Lipinski definition) is 3. The molecule has 4 heteroatoms. The second kappa shape index (κ2) is 2.51. The summed E-state index contributed by atoms with van der Waals surface area (Å²) in [5.41, 5.74) is 5.41. The fraction of sp³-hybridized carbons (Fsp3) is 0.333. The normalized spacial score (nSPS) is 23.2. The van der Waals surface area contributed by atoms with E-state index in [1.54, 1.807) is 6.08 Å². The van der Waals surface area contributed by atoms with E-state index in [-0.39, 0.29) is 6.04 Å². The molecule has 0 bridgehead atoms. The second-order valence-corrected chi connectivity index (χ2v) is 2.11. The number of hydrogen-bond donors (Lipinski definition) is 2. The van der Waals surface area contributed by atoms with Gasteiger partial charge in [0.25, 0.3) is 0 Å². The van der Waals surface area contributed by atoms with Crippen molar-refractivity contribution < 1.29 is 9.59 Å². The van der Waals surface area contributed by atoms with Gasteiger partial charge in [0.05, 0.1) is 5.70 Å². The van der Waals surface area contributed by atoms with Crippen LogP contribution in [0.25, 0.3) is 0 Å². The largest absolute Gasteiger partial charge is 0.371 e. The Bertz CT molecular complexity index is 198. The van der Waals surface area contributed by atoms with E-state index in [1.165, 1.54) is 0 Å². The molecule has 0 aromatic rings. The fourth-order valence-electron chi connectivity index (χ4n) is 0.833. The summed E-state index contributed by atoms with van der Waals surface area (Å²) in [6.07, 6.45) is 2.84. The molecule has 0 saturated heterocycles. The van der Waals surface area contributed by atoms with E-state index >= 15 is 0 Å². The first-order chi connectivity index (χ1) is 4.74. The summed E-state index contributed by atoms with van der Waals surface area (Å²) < 4.78 is 0. The summed E-state index contributed by atoms with van der Waals surface area (Å²) in [5, 5.41) is 2.66. The minimum Gasteiger partial charge on any atom is -0.371 e. The molecule has 54 valence electrons. The highest BCUT2D eigenvalue weighted by Crippen LogP contribution is 2.05. The zero-order chi connectivity index (χ0) is 7.56. The van der Waals surface area contributed by atoms with Gasteiger partial charge in [-0.3, -0.25) is 9.59 Å². The average molecular weight is 140 g/mol. The van der Waals surface area contributed by atoms with Gasteiger partial charge in [-0.2, -0.15) is 0 Å². The van der Waals surface area contributed by atoms with Crippen LogP contribution < -0.4 is 11.1 Å². The quantitative estimate of drug-likeness (QED) is 0.479. The van der Waals surface area contributed by atoms with Crippen LogP contribution >= 0.6 is 0 Å². The first kappa shape index (κ1) is 6.80. The number of amides is 1. The Morgan fingerprint density at radius 2 is 2.60 bits per heavy atom. The van der Waals surface area contributed by atoms with Crippen molar-refractivity contribution >= 4 is 12.2 Å². The Morgan fingerprint density at radius 1 is 1.90 bits per heavy atom. The standard InChI is InChI=1S/C6H8N2O2/c7-6(10)5-2-1-4(3-9)8-5/h1,3,5,8H,2H2,(H2,7,10). The molecule has 0 aromatic heterocycles. The molecule has 1 atom stereocenters. The molecule has 1 aliphatic rings. The highest BCUT2D eigenvalue weighted by Gasteiger charge is 2.19. The predicted octanol–water partition coefficient (Wildman–Crippen LogP) is -1.08. The lowest BCUT2D eigenvalue weighted by molar-refractivity contribution is -0.119. The van der Waals surface area contributed by atoms with Crippen molar-refractivity contribution in [1.82, 2.24) is 5.32 Å². The summed E-state index contributed by atoms with van der Waals surface area (Å²) in [5.74, 6) is -0.423. The van der Waals surface area contributed by atoms with Gasteiger partial charge in [-0.1, -0.05) is 6.08 Å². The predicted molar refractivity (Wildman–Crippen MR) is 34.9 cm³/mol. The smallest absolute Gasteiger partial charge is 0.240 e. The molecule has 0 radical (unpaired) electrons. The number of carbonyl (C=O) groups excluding carboxylic acids is 2.